The van der Waals surface area contributed by atoms with Crippen LogP contribution in [0.4, 0.5) is 11.4 Å². The highest BCUT2D eigenvalue weighted by atomic mass is 79.9. The minimum Gasteiger partial charge on any atom is -0.488 e. The van der Waals surface area contributed by atoms with Gasteiger partial charge in [-0.1, -0.05) is 56.8 Å². The zero-order chi connectivity index (χ0) is 22.5. The van der Waals surface area contributed by atoms with Crippen molar-refractivity contribution in [1.29, 1.82) is 0 Å². The molecular weight excluding hydrogens is 531 g/mol. The minimum atomic E-state index is 0.362. The van der Waals surface area contributed by atoms with Crippen molar-refractivity contribution >= 4 is 62.1 Å². The fourth-order valence-corrected chi connectivity index (χ4v) is 5.00. The second-order valence-electron chi connectivity index (χ2n) is 7.84. The summed E-state index contributed by atoms with van der Waals surface area (Å²) in [5.74, 6) is 0.794. The smallest absolute Gasteiger partial charge is 0.124 e. The molecule has 1 aliphatic heterocycles. The van der Waals surface area contributed by atoms with Crippen LogP contribution < -0.4 is 15.0 Å². The maximum absolute atomic E-state index is 6.61. The van der Waals surface area contributed by atoms with E-state index in [0.29, 0.717) is 23.2 Å². The standard InChI is InChI=1S/C25H24BrCl3N2O/c26-19-5-9-25(32-16-17-4-6-20(27)13-22(17)28)18(12-19)15-30-21-7-8-24(23(29)14-21)31-10-2-1-3-11-31/h4-9,12-14,30H,1-3,10-11,15-16H2. The van der Waals surface area contributed by atoms with Crippen LogP contribution in [-0.4, -0.2) is 13.1 Å². The molecule has 0 radical (unpaired) electrons. The van der Waals surface area contributed by atoms with Gasteiger partial charge in [-0.05, 0) is 67.8 Å². The van der Waals surface area contributed by atoms with Gasteiger partial charge in [-0.2, -0.15) is 0 Å². The Labute approximate surface area is 212 Å². The van der Waals surface area contributed by atoms with Crippen molar-refractivity contribution < 1.29 is 4.74 Å². The Kier molecular flexibility index (Phi) is 8.12. The summed E-state index contributed by atoms with van der Waals surface area (Å²) in [5, 5.41) is 5.45. The largest absolute Gasteiger partial charge is 0.488 e. The number of hydrogen-bond acceptors (Lipinski definition) is 3. The summed E-state index contributed by atoms with van der Waals surface area (Å²) in [5.41, 5.74) is 4.00. The lowest BCUT2D eigenvalue weighted by Crippen LogP contribution is -2.29. The molecule has 1 N–H and O–H groups in total. The SMILES string of the molecule is Clc1ccc(COc2ccc(Br)cc2CNc2ccc(N3CCCCC3)c(Cl)c2)c(Cl)c1. The van der Waals surface area contributed by atoms with Gasteiger partial charge in [-0.3, -0.25) is 0 Å². The number of rotatable bonds is 7. The molecule has 1 fully saturated rings. The molecule has 1 saturated heterocycles. The van der Waals surface area contributed by atoms with Crippen LogP contribution in [0.15, 0.2) is 59.1 Å². The van der Waals surface area contributed by atoms with Gasteiger partial charge in [-0.15, -0.1) is 0 Å². The summed E-state index contributed by atoms with van der Waals surface area (Å²) in [4.78, 5) is 2.37. The summed E-state index contributed by atoms with van der Waals surface area (Å²) in [6.07, 6.45) is 3.75. The van der Waals surface area contributed by atoms with Crippen molar-refractivity contribution in [3.8, 4) is 5.75 Å². The van der Waals surface area contributed by atoms with Gasteiger partial charge in [0.2, 0.25) is 0 Å². The highest BCUT2D eigenvalue weighted by Crippen LogP contribution is 2.32. The molecule has 0 aliphatic carbocycles. The van der Waals surface area contributed by atoms with Crippen LogP contribution in [0.5, 0.6) is 5.75 Å². The Morgan fingerprint density at radius 2 is 1.66 bits per heavy atom. The predicted molar refractivity (Wildman–Crippen MR) is 140 cm³/mol. The highest BCUT2D eigenvalue weighted by molar-refractivity contribution is 9.10. The molecule has 3 nitrogen and oxygen atoms in total. The Bertz CT molecular complexity index is 1090. The number of halogens is 4. The summed E-state index contributed by atoms with van der Waals surface area (Å²) in [6, 6.07) is 17.6. The van der Waals surface area contributed by atoms with Gasteiger partial charge in [0.15, 0.2) is 0 Å². The lowest BCUT2D eigenvalue weighted by Gasteiger charge is -2.29. The van der Waals surface area contributed by atoms with Crippen molar-refractivity contribution in [2.24, 2.45) is 0 Å². The summed E-state index contributed by atoms with van der Waals surface area (Å²) in [7, 11) is 0. The molecular formula is C25H24BrCl3N2O. The maximum atomic E-state index is 6.61. The van der Waals surface area contributed by atoms with Crippen molar-refractivity contribution in [3.05, 3.63) is 85.3 Å². The van der Waals surface area contributed by atoms with Gasteiger partial charge in [0.25, 0.3) is 0 Å². The van der Waals surface area contributed by atoms with E-state index in [1.54, 1.807) is 6.07 Å². The normalized spacial score (nSPS) is 13.8. The number of nitrogens with zero attached hydrogens (tertiary/aromatic N) is 1. The zero-order valence-corrected chi connectivity index (χ0v) is 21.4. The van der Waals surface area contributed by atoms with Crippen molar-refractivity contribution in [1.82, 2.24) is 0 Å². The first-order chi connectivity index (χ1) is 15.5. The van der Waals surface area contributed by atoms with E-state index in [4.69, 9.17) is 39.5 Å². The number of piperidine rings is 1. The molecule has 4 rings (SSSR count). The first-order valence-corrected chi connectivity index (χ1v) is 12.6. The summed E-state index contributed by atoms with van der Waals surface area (Å²) in [6.45, 7) is 3.11. The zero-order valence-electron chi connectivity index (χ0n) is 17.5. The quantitative estimate of drug-likeness (QED) is 0.317. The average molecular weight is 555 g/mol. The van der Waals surface area contributed by atoms with Crippen LogP contribution in [0, 0.1) is 0 Å². The molecule has 3 aromatic carbocycles. The summed E-state index contributed by atoms with van der Waals surface area (Å²) < 4.78 is 7.08. The van der Waals surface area contributed by atoms with Crippen molar-refractivity contribution in [2.45, 2.75) is 32.4 Å². The van der Waals surface area contributed by atoms with Crippen LogP contribution in [0.1, 0.15) is 30.4 Å². The van der Waals surface area contributed by atoms with Gasteiger partial charge in [0.05, 0.1) is 10.7 Å². The van der Waals surface area contributed by atoms with Gasteiger partial charge in [-0.25, -0.2) is 0 Å². The van der Waals surface area contributed by atoms with Gasteiger partial charge >= 0.3 is 0 Å². The van der Waals surface area contributed by atoms with E-state index in [1.807, 2.05) is 30.3 Å². The predicted octanol–water partition coefficient (Wildman–Crippen LogP) is 8.59. The molecule has 168 valence electrons. The van der Waals surface area contributed by atoms with E-state index < -0.39 is 0 Å². The Hall–Kier alpha value is -1.59. The average Bonchev–Trinajstić information content (AvgIpc) is 2.78. The van der Waals surface area contributed by atoms with Crippen LogP contribution in [0.3, 0.4) is 0 Å². The second kappa shape index (κ2) is 11.0. The Balaban J connectivity index is 1.43. The van der Waals surface area contributed by atoms with Crippen LogP contribution >= 0.6 is 50.7 Å². The van der Waals surface area contributed by atoms with E-state index in [2.05, 4.69) is 44.3 Å². The van der Waals surface area contributed by atoms with E-state index in [1.165, 1.54) is 19.3 Å². The molecule has 32 heavy (non-hydrogen) atoms. The number of benzene rings is 3. The fraction of sp³-hybridized carbons (Fsp3) is 0.280. The lowest BCUT2D eigenvalue weighted by atomic mass is 10.1. The fourth-order valence-electron chi connectivity index (χ4n) is 3.83. The molecule has 0 atom stereocenters. The number of hydrogen-bond donors (Lipinski definition) is 1. The molecule has 0 bridgehead atoms. The van der Waals surface area contributed by atoms with Crippen LogP contribution in [0.2, 0.25) is 15.1 Å². The molecule has 7 heteroatoms. The van der Waals surface area contributed by atoms with E-state index >= 15 is 0 Å². The van der Waals surface area contributed by atoms with Crippen molar-refractivity contribution in [2.75, 3.05) is 23.3 Å². The molecule has 0 aromatic heterocycles. The summed E-state index contributed by atoms with van der Waals surface area (Å²) >= 11 is 22.4. The van der Waals surface area contributed by atoms with Gasteiger partial charge in [0.1, 0.15) is 12.4 Å². The number of ether oxygens (including phenoxy) is 1. The van der Waals surface area contributed by atoms with E-state index in [0.717, 1.165) is 50.8 Å². The van der Waals surface area contributed by atoms with E-state index in [9.17, 15) is 0 Å². The van der Waals surface area contributed by atoms with Crippen LogP contribution in [0.25, 0.3) is 0 Å². The number of anilines is 2. The third-order valence-electron chi connectivity index (χ3n) is 5.55. The second-order valence-corrected chi connectivity index (χ2v) is 10.0. The molecule has 0 amide bonds. The molecule has 0 saturated carbocycles. The van der Waals surface area contributed by atoms with Crippen LogP contribution in [-0.2, 0) is 13.2 Å². The molecule has 0 unspecified atom stereocenters. The Morgan fingerprint density at radius 1 is 0.844 bits per heavy atom. The molecule has 1 aliphatic rings. The topological polar surface area (TPSA) is 24.5 Å². The molecule has 3 aromatic rings. The number of nitrogens with one attached hydrogen (secondary N) is 1. The maximum Gasteiger partial charge on any atom is 0.124 e. The first kappa shape index (κ1) is 23.6. The van der Waals surface area contributed by atoms with Gasteiger partial charge < -0.3 is 15.0 Å². The minimum absolute atomic E-state index is 0.362. The van der Waals surface area contributed by atoms with Crippen molar-refractivity contribution in [3.63, 3.8) is 0 Å². The van der Waals surface area contributed by atoms with Gasteiger partial charge in [0, 0.05) is 51.0 Å². The lowest BCUT2D eigenvalue weighted by molar-refractivity contribution is 0.303. The van der Waals surface area contributed by atoms with E-state index in [-0.39, 0.29) is 0 Å². The first-order valence-electron chi connectivity index (χ1n) is 10.6. The highest BCUT2D eigenvalue weighted by Gasteiger charge is 2.14. The third kappa shape index (κ3) is 6.05. The molecule has 0 spiro atoms. The Morgan fingerprint density at radius 3 is 2.41 bits per heavy atom. The molecule has 1 heterocycles. The monoisotopic (exact) mass is 552 g/mol. The third-order valence-corrected chi connectivity index (χ3v) is 6.93.